The van der Waals surface area contributed by atoms with Gasteiger partial charge in [0.15, 0.2) is 0 Å². The SMILES string of the molecule is CCCCCCSCOC(=O)c1ccsc1. The Labute approximate surface area is 105 Å². The Hall–Kier alpha value is -0.480. The molecule has 0 aromatic carbocycles. The van der Waals surface area contributed by atoms with Crippen molar-refractivity contribution in [3.8, 4) is 0 Å². The summed E-state index contributed by atoms with van der Waals surface area (Å²) in [6, 6.07) is 1.79. The van der Waals surface area contributed by atoms with Crippen molar-refractivity contribution in [3.05, 3.63) is 22.4 Å². The maximum absolute atomic E-state index is 11.4. The highest BCUT2D eigenvalue weighted by Crippen LogP contribution is 2.11. The van der Waals surface area contributed by atoms with Gasteiger partial charge < -0.3 is 4.74 Å². The first-order valence-electron chi connectivity index (χ1n) is 5.61. The molecule has 0 atom stereocenters. The van der Waals surface area contributed by atoms with E-state index in [0.29, 0.717) is 11.5 Å². The number of esters is 1. The Kier molecular flexibility index (Phi) is 7.34. The predicted octanol–water partition coefficient (Wildman–Crippen LogP) is 4.18. The van der Waals surface area contributed by atoms with Gasteiger partial charge in [-0.2, -0.15) is 11.3 Å². The van der Waals surface area contributed by atoms with Gasteiger partial charge in [-0.25, -0.2) is 4.79 Å². The first-order valence-corrected chi connectivity index (χ1v) is 7.71. The Morgan fingerprint density at radius 1 is 1.44 bits per heavy atom. The van der Waals surface area contributed by atoms with Crippen LogP contribution in [0.3, 0.4) is 0 Å². The second kappa shape index (κ2) is 8.65. The van der Waals surface area contributed by atoms with Crippen molar-refractivity contribution < 1.29 is 9.53 Å². The van der Waals surface area contributed by atoms with E-state index in [4.69, 9.17) is 4.74 Å². The van der Waals surface area contributed by atoms with Crippen LogP contribution in [0.4, 0.5) is 0 Å². The van der Waals surface area contributed by atoms with E-state index in [1.54, 1.807) is 17.8 Å². The second-order valence-electron chi connectivity index (χ2n) is 3.53. The van der Waals surface area contributed by atoms with Crippen LogP contribution in [0, 0.1) is 0 Å². The average Bonchev–Trinajstić information content (AvgIpc) is 2.81. The molecule has 0 aliphatic heterocycles. The lowest BCUT2D eigenvalue weighted by Gasteiger charge is -2.03. The molecule has 0 spiro atoms. The fraction of sp³-hybridized carbons (Fsp3) is 0.583. The molecule has 16 heavy (non-hydrogen) atoms. The number of unbranched alkanes of at least 4 members (excludes halogenated alkanes) is 3. The predicted molar refractivity (Wildman–Crippen MR) is 71.2 cm³/mol. The minimum atomic E-state index is -0.206. The van der Waals surface area contributed by atoms with E-state index in [2.05, 4.69) is 6.92 Å². The molecule has 4 heteroatoms. The fourth-order valence-corrected chi connectivity index (χ4v) is 2.59. The molecule has 0 saturated carbocycles. The Balaban J connectivity index is 1.97. The van der Waals surface area contributed by atoms with Crippen molar-refractivity contribution in [2.24, 2.45) is 0 Å². The van der Waals surface area contributed by atoms with E-state index >= 15 is 0 Å². The normalized spacial score (nSPS) is 10.3. The molecule has 1 rings (SSSR count). The summed E-state index contributed by atoms with van der Waals surface area (Å²) in [5.41, 5.74) is 0.664. The van der Waals surface area contributed by atoms with Gasteiger partial charge in [0.05, 0.1) is 5.56 Å². The van der Waals surface area contributed by atoms with Gasteiger partial charge in [-0.15, -0.1) is 11.8 Å². The molecule has 1 heterocycles. The maximum atomic E-state index is 11.4. The summed E-state index contributed by atoms with van der Waals surface area (Å²) in [6.45, 7) is 2.20. The smallest absolute Gasteiger partial charge is 0.339 e. The molecule has 0 radical (unpaired) electrons. The minimum absolute atomic E-state index is 0.206. The minimum Gasteiger partial charge on any atom is -0.451 e. The number of carbonyl (C=O) groups excluding carboxylic acids is 1. The maximum Gasteiger partial charge on any atom is 0.339 e. The van der Waals surface area contributed by atoms with Crippen molar-refractivity contribution in [2.75, 3.05) is 11.7 Å². The van der Waals surface area contributed by atoms with Crippen LogP contribution in [0.2, 0.25) is 0 Å². The first-order chi connectivity index (χ1) is 7.84. The number of hydrogen-bond donors (Lipinski definition) is 0. The van der Waals surface area contributed by atoms with Crippen LogP contribution >= 0.6 is 23.1 Å². The van der Waals surface area contributed by atoms with Crippen LogP contribution in [-0.4, -0.2) is 17.7 Å². The molecule has 2 nitrogen and oxygen atoms in total. The van der Waals surface area contributed by atoms with Crippen molar-refractivity contribution >= 4 is 29.1 Å². The lowest BCUT2D eigenvalue weighted by atomic mass is 10.2. The number of hydrogen-bond acceptors (Lipinski definition) is 4. The molecule has 0 aliphatic rings. The highest BCUT2D eigenvalue weighted by atomic mass is 32.2. The largest absolute Gasteiger partial charge is 0.451 e. The molecule has 0 bridgehead atoms. The molecular weight excluding hydrogens is 240 g/mol. The zero-order valence-corrected chi connectivity index (χ0v) is 11.2. The van der Waals surface area contributed by atoms with E-state index in [1.807, 2.05) is 10.8 Å². The van der Waals surface area contributed by atoms with Gasteiger partial charge in [0, 0.05) is 5.38 Å². The number of carbonyl (C=O) groups is 1. The molecule has 1 aromatic heterocycles. The summed E-state index contributed by atoms with van der Waals surface area (Å²) in [7, 11) is 0. The molecule has 0 amide bonds. The summed E-state index contributed by atoms with van der Waals surface area (Å²) in [6.07, 6.45) is 5.06. The Bertz CT molecular complexity index is 283. The molecule has 0 fully saturated rings. The highest BCUT2D eigenvalue weighted by Gasteiger charge is 2.06. The molecular formula is C12H18O2S2. The third-order valence-electron chi connectivity index (χ3n) is 2.17. The van der Waals surface area contributed by atoms with E-state index < -0.39 is 0 Å². The van der Waals surface area contributed by atoms with Gasteiger partial charge in [0.2, 0.25) is 0 Å². The van der Waals surface area contributed by atoms with Gasteiger partial charge >= 0.3 is 5.97 Å². The number of thioether (sulfide) groups is 1. The quantitative estimate of drug-likeness (QED) is 0.397. The average molecular weight is 258 g/mol. The van der Waals surface area contributed by atoms with Crippen LogP contribution in [0.5, 0.6) is 0 Å². The molecule has 0 saturated heterocycles. The van der Waals surface area contributed by atoms with E-state index in [1.165, 1.54) is 37.0 Å². The summed E-state index contributed by atoms with van der Waals surface area (Å²) in [4.78, 5) is 11.4. The van der Waals surface area contributed by atoms with E-state index in [0.717, 1.165) is 5.75 Å². The molecule has 1 aromatic rings. The molecule has 0 aliphatic carbocycles. The van der Waals surface area contributed by atoms with Crippen molar-refractivity contribution in [2.45, 2.75) is 32.6 Å². The van der Waals surface area contributed by atoms with Crippen LogP contribution in [-0.2, 0) is 4.74 Å². The summed E-state index contributed by atoms with van der Waals surface area (Å²) < 4.78 is 5.12. The molecule has 0 unspecified atom stereocenters. The number of rotatable bonds is 8. The van der Waals surface area contributed by atoms with E-state index in [-0.39, 0.29) is 5.97 Å². The zero-order valence-electron chi connectivity index (χ0n) is 9.61. The Morgan fingerprint density at radius 3 is 3.00 bits per heavy atom. The van der Waals surface area contributed by atoms with E-state index in [9.17, 15) is 4.79 Å². The molecule has 0 N–H and O–H groups in total. The van der Waals surface area contributed by atoms with Crippen LogP contribution in [0.25, 0.3) is 0 Å². The number of thiophene rings is 1. The summed E-state index contributed by atoms with van der Waals surface area (Å²) >= 11 is 3.20. The van der Waals surface area contributed by atoms with Gasteiger partial charge in [0.25, 0.3) is 0 Å². The number of ether oxygens (including phenoxy) is 1. The Morgan fingerprint density at radius 2 is 2.31 bits per heavy atom. The standard InChI is InChI=1S/C12H18O2S2/c1-2-3-4-5-7-16-10-14-12(13)11-6-8-15-9-11/h6,8-9H,2-5,7,10H2,1H3. The summed E-state index contributed by atoms with van der Waals surface area (Å²) in [5, 5.41) is 3.70. The van der Waals surface area contributed by atoms with Gasteiger partial charge in [0.1, 0.15) is 5.94 Å². The van der Waals surface area contributed by atoms with Crippen molar-refractivity contribution in [1.29, 1.82) is 0 Å². The van der Waals surface area contributed by atoms with Crippen LogP contribution in [0.15, 0.2) is 16.8 Å². The lowest BCUT2D eigenvalue weighted by molar-refractivity contribution is 0.0580. The highest BCUT2D eigenvalue weighted by molar-refractivity contribution is 7.99. The third kappa shape index (κ3) is 5.56. The van der Waals surface area contributed by atoms with Crippen LogP contribution in [0.1, 0.15) is 43.0 Å². The van der Waals surface area contributed by atoms with Gasteiger partial charge in [-0.3, -0.25) is 0 Å². The lowest BCUT2D eigenvalue weighted by Crippen LogP contribution is -2.03. The topological polar surface area (TPSA) is 26.3 Å². The van der Waals surface area contributed by atoms with Crippen molar-refractivity contribution in [3.63, 3.8) is 0 Å². The molecule has 90 valence electrons. The van der Waals surface area contributed by atoms with Crippen LogP contribution < -0.4 is 0 Å². The fourth-order valence-electron chi connectivity index (χ4n) is 1.25. The van der Waals surface area contributed by atoms with Crippen molar-refractivity contribution in [1.82, 2.24) is 0 Å². The van der Waals surface area contributed by atoms with Gasteiger partial charge in [-0.1, -0.05) is 26.2 Å². The summed E-state index contributed by atoms with van der Waals surface area (Å²) in [5.74, 6) is 1.35. The first kappa shape index (κ1) is 13.6. The van der Waals surface area contributed by atoms with Gasteiger partial charge in [-0.05, 0) is 23.6 Å². The monoisotopic (exact) mass is 258 g/mol. The zero-order chi connectivity index (χ0) is 11.6. The second-order valence-corrected chi connectivity index (χ2v) is 5.36. The third-order valence-corrected chi connectivity index (χ3v) is 3.72.